The number of guanidine groups is 1. The van der Waals surface area contributed by atoms with Gasteiger partial charge in [-0.1, -0.05) is 12.1 Å². The second-order valence-corrected chi connectivity index (χ2v) is 7.14. The van der Waals surface area contributed by atoms with Crippen LogP contribution in [0.5, 0.6) is 5.75 Å². The monoisotopic (exact) mass is 534 g/mol. The predicted molar refractivity (Wildman–Crippen MR) is 129 cm³/mol. The standard InChI is InChI=1S/C21H34N4O4.HI/c1-25(2)20(26)15-24-21(23-14-17-7-9-18(27-3)10-8-17)22-11-5-12-28-16-19-6-4-13-29-19;/h7-10,19H,4-6,11-16H2,1-3H3,(H2,22,23,24);1H. The lowest BCUT2D eigenvalue weighted by atomic mass is 10.2. The third-order valence-corrected chi connectivity index (χ3v) is 4.57. The maximum atomic E-state index is 11.9. The van der Waals surface area contributed by atoms with Gasteiger partial charge in [-0.15, -0.1) is 24.0 Å². The van der Waals surface area contributed by atoms with E-state index in [9.17, 15) is 4.79 Å². The highest BCUT2D eigenvalue weighted by molar-refractivity contribution is 14.0. The van der Waals surface area contributed by atoms with Crippen molar-refractivity contribution in [2.45, 2.75) is 31.9 Å². The number of carbonyl (C=O) groups is 1. The molecule has 1 aliphatic rings. The highest BCUT2D eigenvalue weighted by atomic mass is 127. The number of hydrogen-bond donors (Lipinski definition) is 2. The summed E-state index contributed by atoms with van der Waals surface area (Å²) in [7, 11) is 5.11. The Balaban J connectivity index is 0.00000450. The molecule has 8 nitrogen and oxygen atoms in total. The minimum absolute atomic E-state index is 0. The molecule has 2 N–H and O–H groups in total. The summed E-state index contributed by atoms with van der Waals surface area (Å²) in [6.45, 7) is 3.57. The molecule has 0 spiro atoms. The van der Waals surface area contributed by atoms with Crippen LogP contribution in [0.1, 0.15) is 24.8 Å². The van der Waals surface area contributed by atoms with Gasteiger partial charge in [-0.05, 0) is 37.0 Å². The number of nitrogens with one attached hydrogen (secondary N) is 2. The Hall–Kier alpha value is -1.59. The molecule has 30 heavy (non-hydrogen) atoms. The molecular weight excluding hydrogens is 499 g/mol. The fraction of sp³-hybridized carbons (Fsp3) is 0.619. The van der Waals surface area contributed by atoms with E-state index in [4.69, 9.17) is 14.2 Å². The fourth-order valence-electron chi connectivity index (χ4n) is 2.76. The predicted octanol–water partition coefficient (Wildman–Crippen LogP) is 2.02. The summed E-state index contributed by atoms with van der Waals surface area (Å²) >= 11 is 0. The molecule has 0 aliphatic carbocycles. The van der Waals surface area contributed by atoms with E-state index in [0.717, 1.165) is 37.2 Å². The van der Waals surface area contributed by atoms with E-state index >= 15 is 0 Å². The van der Waals surface area contributed by atoms with Crippen LogP contribution < -0.4 is 15.4 Å². The van der Waals surface area contributed by atoms with Crippen molar-refractivity contribution in [1.82, 2.24) is 15.5 Å². The Kier molecular flexibility index (Phi) is 13.4. The zero-order valence-electron chi connectivity index (χ0n) is 18.2. The lowest BCUT2D eigenvalue weighted by Crippen LogP contribution is -2.43. The summed E-state index contributed by atoms with van der Waals surface area (Å²) in [6, 6.07) is 7.77. The van der Waals surface area contributed by atoms with Crippen molar-refractivity contribution in [1.29, 1.82) is 0 Å². The van der Waals surface area contributed by atoms with Gasteiger partial charge in [0.1, 0.15) is 5.75 Å². The minimum Gasteiger partial charge on any atom is -0.497 e. The number of nitrogens with zero attached hydrogens (tertiary/aromatic N) is 2. The number of benzene rings is 1. The van der Waals surface area contributed by atoms with Crippen LogP contribution in [0.2, 0.25) is 0 Å². The molecule has 1 heterocycles. The van der Waals surface area contributed by atoms with Gasteiger partial charge in [-0.3, -0.25) is 4.79 Å². The molecule has 0 aromatic heterocycles. The van der Waals surface area contributed by atoms with Gasteiger partial charge in [-0.25, -0.2) is 4.99 Å². The summed E-state index contributed by atoms with van der Waals surface area (Å²) < 4.78 is 16.4. The molecular formula is C21H35IN4O4. The summed E-state index contributed by atoms with van der Waals surface area (Å²) in [6.07, 6.45) is 3.31. The highest BCUT2D eigenvalue weighted by Gasteiger charge is 2.14. The van der Waals surface area contributed by atoms with Gasteiger partial charge in [0.25, 0.3) is 0 Å². The molecule has 170 valence electrons. The van der Waals surface area contributed by atoms with Crippen LogP contribution in [0.25, 0.3) is 0 Å². The molecule has 1 amide bonds. The number of likely N-dealkylation sites (N-methyl/N-ethyl adjacent to an activating group) is 1. The summed E-state index contributed by atoms with van der Waals surface area (Å²) in [5.74, 6) is 1.41. The van der Waals surface area contributed by atoms with Gasteiger partial charge < -0.3 is 29.7 Å². The molecule has 2 rings (SSSR count). The Morgan fingerprint density at radius 3 is 2.67 bits per heavy atom. The highest BCUT2D eigenvalue weighted by Crippen LogP contribution is 2.12. The Morgan fingerprint density at radius 1 is 1.27 bits per heavy atom. The minimum atomic E-state index is -0.0103. The van der Waals surface area contributed by atoms with Crippen LogP contribution in [0.3, 0.4) is 0 Å². The summed E-state index contributed by atoms with van der Waals surface area (Å²) in [4.78, 5) is 18.0. The van der Waals surface area contributed by atoms with E-state index in [2.05, 4.69) is 15.6 Å². The fourth-order valence-corrected chi connectivity index (χ4v) is 2.76. The first-order chi connectivity index (χ1) is 14.1. The smallest absolute Gasteiger partial charge is 0.241 e. The lowest BCUT2D eigenvalue weighted by Gasteiger charge is -2.15. The van der Waals surface area contributed by atoms with Gasteiger partial charge in [0.15, 0.2) is 5.96 Å². The molecule has 9 heteroatoms. The van der Waals surface area contributed by atoms with Crippen molar-refractivity contribution in [2.24, 2.45) is 4.99 Å². The van der Waals surface area contributed by atoms with Gasteiger partial charge >= 0.3 is 0 Å². The summed E-state index contributed by atoms with van der Waals surface area (Å²) in [5, 5.41) is 6.36. The Labute approximate surface area is 196 Å². The average Bonchev–Trinajstić information content (AvgIpc) is 3.25. The number of amides is 1. The maximum Gasteiger partial charge on any atom is 0.241 e. The quantitative estimate of drug-likeness (QED) is 0.196. The largest absolute Gasteiger partial charge is 0.497 e. The normalized spacial score (nSPS) is 16.0. The number of rotatable bonds is 11. The van der Waals surface area contributed by atoms with Gasteiger partial charge in [0.2, 0.25) is 5.91 Å². The van der Waals surface area contributed by atoms with Crippen molar-refractivity contribution in [3.8, 4) is 5.75 Å². The van der Waals surface area contributed by atoms with E-state index in [0.29, 0.717) is 32.3 Å². The first-order valence-corrected chi connectivity index (χ1v) is 10.1. The third-order valence-electron chi connectivity index (χ3n) is 4.57. The van der Waals surface area contributed by atoms with Crippen molar-refractivity contribution in [3.05, 3.63) is 29.8 Å². The molecule has 1 unspecified atom stereocenters. The number of hydrogen-bond acceptors (Lipinski definition) is 5. The van der Waals surface area contributed by atoms with Crippen LogP contribution in [0, 0.1) is 0 Å². The number of halogens is 1. The molecule has 1 atom stereocenters. The SMILES string of the molecule is COc1ccc(CN=C(NCCCOCC2CCCO2)NCC(=O)N(C)C)cc1.I. The summed E-state index contributed by atoms with van der Waals surface area (Å²) in [5.41, 5.74) is 1.06. The third kappa shape index (κ3) is 10.4. The van der Waals surface area contributed by atoms with E-state index < -0.39 is 0 Å². The van der Waals surface area contributed by atoms with Crippen molar-refractivity contribution >= 4 is 35.8 Å². The van der Waals surface area contributed by atoms with Gasteiger partial charge in [-0.2, -0.15) is 0 Å². The van der Waals surface area contributed by atoms with Crippen LogP contribution in [0.4, 0.5) is 0 Å². The van der Waals surface area contributed by atoms with Crippen molar-refractivity contribution < 1.29 is 19.0 Å². The Morgan fingerprint density at radius 2 is 2.03 bits per heavy atom. The first kappa shape index (κ1) is 26.4. The molecule has 0 radical (unpaired) electrons. The second-order valence-electron chi connectivity index (χ2n) is 7.14. The molecule has 1 aromatic carbocycles. The number of aliphatic imine (C=N–C) groups is 1. The zero-order valence-corrected chi connectivity index (χ0v) is 20.5. The first-order valence-electron chi connectivity index (χ1n) is 10.1. The zero-order chi connectivity index (χ0) is 20.9. The van der Waals surface area contributed by atoms with Crippen LogP contribution in [0.15, 0.2) is 29.3 Å². The van der Waals surface area contributed by atoms with E-state index in [-0.39, 0.29) is 42.5 Å². The topological polar surface area (TPSA) is 84.4 Å². The van der Waals surface area contributed by atoms with Gasteiger partial charge in [0, 0.05) is 33.9 Å². The Bertz CT molecular complexity index is 634. The second kappa shape index (κ2) is 15.2. The van der Waals surface area contributed by atoms with E-state index in [1.165, 1.54) is 0 Å². The molecule has 0 bridgehead atoms. The van der Waals surface area contributed by atoms with Crippen LogP contribution in [-0.4, -0.2) is 77.0 Å². The molecule has 1 fully saturated rings. The molecule has 1 saturated heterocycles. The van der Waals surface area contributed by atoms with Crippen molar-refractivity contribution in [2.75, 3.05) is 54.1 Å². The number of carbonyl (C=O) groups excluding carboxylic acids is 1. The van der Waals surface area contributed by atoms with Gasteiger partial charge in [0.05, 0.1) is 32.9 Å². The van der Waals surface area contributed by atoms with E-state index in [1.54, 1.807) is 26.1 Å². The molecule has 1 aromatic rings. The number of methoxy groups -OCH3 is 1. The number of ether oxygens (including phenoxy) is 3. The van der Waals surface area contributed by atoms with Crippen LogP contribution in [-0.2, 0) is 20.8 Å². The molecule has 1 aliphatic heterocycles. The lowest BCUT2D eigenvalue weighted by molar-refractivity contribution is -0.127. The average molecular weight is 534 g/mol. The molecule has 0 saturated carbocycles. The van der Waals surface area contributed by atoms with Crippen LogP contribution >= 0.6 is 24.0 Å². The van der Waals surface area contributed by atoms with Crippen molar-refractivity contribution in [3.63, 3.8) is 0 Å². The van der Waals surface area contributed by atoms with E-state index in [1.807, 2.05) is 24.3 Å². The maximum absolute atomic E-state index is 11.9.